The first-order valence-corrected chi connectivity index (χ1v) is 6.13. The first-order valence-electron chi connectivity index (χ1n) is 5.75. The highest BCUT2D eigenvalue weighted by Gasteiger charge is 2.33. The molecule has 2 nitrogen and oxygen atoms in total. The number of hydrogen-bond donors (Lipinski definition) is 1. The van der Waals surface area contributed by atoms with Gasteiger partial charge in [0.25, 0.3) is 0 Å². The molecular weight excluding hydrogens is 265 g/mol. The van der Waals surface area contributed by atoms with Crippen molar-refractivity contribution >= 4 is 17.3 Å². The number of rotatable bonds is 1. The highest BCUT2D eigenvalue weighted by Crippen LogP contribution is 2.37. The molecule has 0 unspecified atom stereocenters. The Labute approximate surface area is 109 Å². The third-order valence-electron chi connectivity index (χ3n) is 3.16. The molecule has 1 aromatic rings. The van der Waals surface area contributed by atoms with Gasteiger partial charge in [-0.3, -0.25) is 0 Å². The Bertz CT molecular complexity index is 426. The van der Waals surface area contributed by atoms with Crippen molar-refractivity contribution in [2.24, 2.45) is 5.73 Å². The van der Waals surface area contributed by atoms with Crippen molar-refractivity contribution in [1.82, 2.24) is 0 Å². The summed E-state index contributed by atoms with van der Waals surface area (Å²) in [5.74, 6) is 0. The number of hydrogen-bond acceptors (Lipinski definition) is 2. The molecule has 1 fully saturated rings. The van der Waals surface area contributed by atoms with Gasteiger partial charge in [-0.15, -0.1) is 0 Å². The zero-order valence-corrected chi connectivity index (χ0v) is 10.4. The predicted octanol–water partition coefficient (Wildman–Crippen LogP) is 3.29. The minimum Gasteiger partial charge on any atom is -0.371 e. The van der Waals surface area contributed by atoms with E-state index < -0.39 is 11.7 Å². The van der Waals surface area contributed by atoms with Crippen molar-refractivity contribution < 1.29 is 13.2 Å². The van der Waals surface area contributed by atoms with E-state index in [1.165, 1.54) is 6.07 Å². The average molecular weight is 279 g/mol. The van der Waals surface area contributed by atoms with E-state index in [2.05, 4.69) is 0 Å². The van der Waals surface area contributed by atoms with Gasteiger partial charge < -0.3 is 10.6 Å². The van der Waals surface area contributed by atoms with Crippen LogP contribution in [-0.2, 0) is 6.18 Å². The molecule has 2 N–H and O–H groups in total. The van der Waals surface area contributed by atoms with Crippen LogP contribution in [0.15, 0.2) is 18.2 Å². The van der Waals surface area contributed by atoms with Crippen LogP contribution in [0.1, 0.15) is 18.4 Å². The van der Waals surface area contributed by atoms with Gasteiger partial charge in [0.05, 0.1) is 10.6 Å². The minimum absolute atomic E-state index is 0.149. The smallest absolute Gasteiger partial charge is 0.371 e. The number of benzene rings is 1. The standard InChI is InChI=1S/C12H14ClF3N2/c13-11-2-1-9(7-10(11)12(14,15)16)18-5-3-8(17)4-6-18/h1-2,7-8H,3-6,17H2. The molecule has 2 rings (SSSR count). The van der Waals surface area contributed by atoms with E-state index in [1.54, 1.807) is 6.07 Å². The number of nitrogens with two attached hydrogens (primary N) is 1. The Hall–Kier alpha value is -0.940. The Morgan fingerprint density at radius 3 is 2.39 bits per heavy atom. The lowest BCUT2D eigenvalue weighted by atomic mass is 10.0. The van der Waals surface area contributed by atoms with E-state index >= 15 is 0 Å². The summed E-state index contributed by atoms with van der Waals surface area (Å²) in [6.07, 6.45) is -2.83. The van der Waals surface area contributed by atoms with Crippen LogP contribution in [0, 0.1) is 0 Å². The van der Waals surface area contributed by atoms with Crippen LogP contribution in [0.25, 0.3) is 0 Å². The average Bonchev–Trinajstić information content (AvgIpc) is 2.29. The van der Waals surface area contributed by atoms with Crippen LogP contribution < -0.4 is 10.6 Å². The predicted molar refractivity (Wildman–Crippen MR) is 65.9 cm³/mol. The number of anilines is 1. The Morgan fingerprint density at radius 2 is 1.83 bits per heavy atom. The van der Waals surface area contributed by atoms with Crippen molar-refractivity contribution in [1.29, 1.82) is 0 Å². The van der Waals surface area contributed by atoms with Crippen molar-refractivity contribution in [2.45, 2.75) is 25.1 Å². The molecule has 0 saturated carbocycles. The van der Waals surface area contributed by atoms with E-state index in [9.17, 15) is 13.2 Å². The molecule has 1 aromatic carbocycles. The number of alkyl halides is 3. The highest BCUT2D eigenvalue weighted by atomic mass is 35.5. The molecule has 0 radical (unpaired) electrons. The summed E-state index contributed by atoms with van der Waals surface area (Å²) in [5, 5.41) is -0.264. The highest BCUT2D eigenvalue weighted by molar-refractivity contribution is 6.31. The third-order valence-corrected chi connectivity index (χ3v) is 3.49. The zero-order chi connectivity index (χ0) is 13.3. The van der Waals surface area contributed by atoms with Gasteiger partial charge in [0, 0.05) is 24.8 Å². The normalized spacial score (nSPS) is 18.2. The Kier molecular flexibility index (Phi) is 3.73. The monoisotopic (exact) mass is 278 g/mol. The quantitative estimate of drug-likeness (QED) is 0.854. The van der Waals surface area contributed by atoms with Gasteiger partial charge in [0.1, 0.15) is 0 Å². The van der Waals surface area contributed by atoms with E-state index in [-0.39, 0.29) is 11.1 Å². The molecular formula is C12H14ClF3N2. The maximum Gasteiger partial charge on any atom is 0.417 e. The molecule has 6 heteroatoms. The first kappa shape index (κ1) is 13.5. The van der Waals surface area contributed by atoms with Gasteiger partial charge >= 0.3 is 6.18 Å². The molecule has 18 heavy (non-hydrogen) atoms. The fourth-order valence-electron chi connectivity index (χ4n) is 2.08. The summed E-state index contributed by atoms with van der Waals surface area (Å²) in [4.78, 5) is 1.91. The molecule has 0 atom stereocenters. The lowest BCUT2D eigenvalue weighted by Gasteiger charge is -2.32. The fourth-order valence-corrected chi connectivity index (χ4v) is 2.31. The van der Waals surface area contributed by atoms with Gasteiger partial charge in [-0.25, -0.2) is 0 Å². The summed E-state index contributed by atoms with van der Waals surface area (Å²) in [7, 11) is 0. The molecule has 0 aliphatic carbocycles. The van der Waals surface area contributed by atoms with E-state index in [0.29, 0.717) is 18.8 Å². The van der Waals surface area contributed by atoms with Crippen LogP contribution >= 0.6 is 11.6 Å². The maximum absolute atomic E-state index is 12.7. The van der Waals surface area contributed by atoms with Gasteiger partial charge in [-0.05, 0) is 31.0 Å². The van der Waals surface area contributed by atoms with Gasteiger partial charge in [-0.1, -0.05) is 11.6 Å². The first-order chi connectivity index (χ1) is 8.38. The van der Waals surface area contributed by atoms with Crippen molar-refractivity contribution in [3.05, 3.63) is 28.8 Å². The number of nitrogens with zero attached hydrogens (tertiary/aromatic N) is 1. The number of halogens is 4. The third kappa shape index (κ3) is 2.90. The van der Waals surface area contributed by atoms with E-state index in [4.69, 9.17) is 17.3 Å². The van der Waals surface area contributed by atoms with Gasteiger partial charge in [0.2, 0.25) is 0 Å². The van der Waals surface area contributed by atoms with Gasteiger partial charge in [0.15, 0.2) is 0 Å². The van der Waals surface area contributed by atoms with E-state index in [0.717, 1.165) is 18.9 Å². The summed E-state index contributed by atoms with van der Waals surface area (Å²) < 4.78 is 38.2. The lowest BCUT2D eigenvalue weighted by molar-refractivity contribution is -0.137. The van der Waals surface area contributed by atoms with Crippen molar-refractivity contribution in [2.75, 3.05) is 18.0 Å². The summed E-state index contributed by atoms with van der Waals surface area (Å²) in [6.45, 7) is 1.36. The van der Waals surface area contributed by atoms with Crippen LogP contribution in [0.3, 0.4) is 0 Å². The SMILES string of the molecule is NC1CCN(c2ccc(Cl)c(C(F)(F)F)c2)CC1. The second kappa shape index (κ2) is 4.97. The fraction of sp³-hybridized carbons (Fsp3) is 0.500. The largest absolute Gasteiger partial charge is 0.417 e. The van der Waals surface area contributed by atoms with Crippen molar-refractivity contribution in [3.8, 4) is 0 Å². The maximum atomic E-state index is 12.7. The van der Waals surface area contributed by atoms with Gasteiger partial charge in [-0.2, -0.15) is 13.2 Å². The second-order valence-electron chi connectivity index (χ2n) is 4.49. The topological polar surface area (TPSA) is 29.3 Å². The lowest BCUT2D eigenvalue weighted by Crippen LogP contribution is -2.39. The summed E-state index contributed by atoms with van der Waals surface area (Å²) >= 11 is 5.58. The summed E-state index contributed by atoms with van der Waals surface area (Å²) in [6, 6.07) is 4.18. The minimum atomic E-state index is -4.42. The molecule has 0 bridgehead atoms. The second-order valence-corrected chi connectivity index (χ2v) is 4.89. The molecule has 0 spiro atoms. The molecule has 1 aliphatic rings. The molecule has 0 amide bonds. The van der Waals surface area contributed by atoms with Crippen LogP contribution in [-0.4, -0.2) is 19.1 Å². The van der Waals surface area contributed by atoms with Crippen LogP contribution in [0.2, 0.25) is 5.02 Å². The van der Waals surface area contributed by atoms with Crippen LogP contribution in [0.4, 0.5) is 18.9 Å². The van der Waals surface area contributed by atoms with Crippen LogP contribution in [0.5, 0.6) is 0 Å². The zero-order valence-electron chi connectivity index (χ0n) is 9.67. The molecule has 1 aliphatic heterocycles. The molecule has 0 aromatic heterocycles. The molecule has 1 heterocycles. The summed E-state index contributed by atoms with van der Waals surface area (Å²) in [5.41, 5.74) is 5.54. The Morgan fingerprint density at radius 1 is 1.22 bits per heavy atom. The molecule has 1 saturated heterocycles. The van der Waals surface area contributed by atoms with E-state index in [1.807, 2.05) is 4.90 Å². The Balaban J connectivity index is 2.24. The molecule has 100 valence electrons. The number of piperidine rings is 1. The van der Waals surface area contributed by atoms with Crippen molar-refractivity contribution in [3.63, 3.8) is 0 Å².